The van der Waals surface area contributed by atoms with Crippen molar-refractivity contribution in [3.63, 3.8) is 0 Å². The summed E-state index contributed by atoms with van der Waals surface area (Å²) in [7, 11) is 0. The molecule has 1 saturated heterocycles. The van der Waals surface area contributed by atoms with Crippen molar-refractivity contribution in [3.05, 3.63) is 64.2 Å². The van der Waals surface area contributed by atoms with Crippen molar-refractivity contribution in [3.8, 4) is 0 Å². The highest BCUT2D eigenvalue weighted by molar-refractivity contribution is 6.30. The zero-order valence-electron chi connectivity index (χ0n) is 17.3. The number of piperazine rings is 1. The molecule has 166 valence electrons. The van der Waals surface area contributed by atoms with Crippen LogP contribution in [-0.4, -0.2) is 43.0 Å². The Morgan fingerprint density at radius 3 is 2.58 bits per heavy atom. The lowest BCUT2D eigenvalue weighted by atomic mass is 9.82. The summed E-state index contributed by atoms with van der Waals surface area (Å²) >= 11 is 5.98. The van der Waals surface area contributed by atoms with E-state index in [4.69, 9.17) is 11.6 Å². The highest BCUT2D eigenvalue weighted by Gasteiger charge is 2.42. The van der Waals surface area contributed by atoms with Crippen molar-refractivity contribution in [1.29, 1.82) is 0 Å². The van der Waals surface area contributed by atoms with E-state index in [2.05, 4.69) is 15.1 Å². The van der Waals surface area contributed by atoms with Crippen LogP contribution in [0.15, 0.2) is 42.5 Å². The first-order chi connectivity index (χ1) is 14.8. The van der Waals surface area contributed by atoms with E-state index in [1.165, 1.54) is 6.07 Å². The van der Waals surface area contributed by atoms with Crippen LogP contribution in [0.5, 0.6) is 0 Å². The van der Waals surface area contributed by atoms with Gasteiger partial charge in [0.2, 0.25) is 5.91 Å². The SMILES string of the molecule is CCNC(=O)[C@H]1Cc2cc(C(F)(F)F)ccc2N2CCN(Cc3ccc(Cl)cc3)C[C@H]12. The van der Waals surface area contributed by atoms with Crippen molar-refractivity contribution in [2.75, 3.05) is 31.1 Å². The average molecular weight is 452 g/mol. The summed E-state index contributed by atoms with van der Waals surface area (Å²) in [6.45, 7) is 5.18. The van der Waals surface area contributed by atoms with E-state index in [1.807, 2.05) is 31.2 Å². The summed E-state index contributed by atoms with van der Waals surface area (Å²) in [4.78, 5) is 17.3. The Hall–Kier alpha value is -2.25. The molecular formula is C23H25ClF3N3O. The number of carbonyl (C=O) groups excluding carboxylic acids is 1. The number of alkyl halides is 3. The van der Waals surface area contributed by atoms with Crippen LogP contribution in [0.1, 0.15) is 23.6 Å². The molecule has 4 nitrogen and oxygen atoms in total. The number of hydrogen-bond donors (Lipinski definition) is 1. The lowest BCUT2D eigenvalue weighted by Gasteiger charge is -2.49. The van der Waals surface area contributed by atoms with Crippen molar-refractivity contribution in [1.82, 2.24) is 10.2 Å². The van der Waals surface area contributed by atoms with Gasteiger partial charge in [-0.15, -0.1) is 0 Å². The summed E-state index contributed by atoms with van der Waals surface area (Å²) < 4.78 is 39.7. The summed E-state index contributed by atoms with van der Waals surface area (Å²) in [5, 5.41) is 3.56. The number of carbonyl (C=O) groups is 1. The summed E-state index contributed by atoms with van der Waals surface area (Å²) in [5.74, 6) is -0.502. The number of rotatable bonds is 4. The number of fused-ring (bicyclic) bond motifs is 3. The molecule has 2 aromatic rings. The molecule has 4 rings (SSSR count). The second kappa shape index (κ2) is 8.71. The molecule has 2 aliphatic heterocycles. The molecule has 2 heterocycles. The highest BCUT2D eigenvalue weighted by atomic mass is 35.5. The third-order valence-corrected chi connectivity index (χ3v) is 6.38. The van der Waals surface area contributed by atoms with Gasteiger partial charge in [0, 0.05) is 43.4 Å². The minimum atomic E-state index is -4.40. The number of anilines is 1. The average Bonchev–Trinajstić information content (AvgIpc) is 2.73. The van der Waals surface area contributed by atoms with Crippen LogP contribution in [-0.2, 0) is 23.9 Å². The predicted molar refractivity (Wildman–Crippen MR) is 115 cm³/mol. The zero-order valence-corrected chi connectivity index (χ0v) is 18.0. The Morgan fingerprint density at radius 1 is 1.16 bits per heavy atom. The van der Waals surface area contributed by atoms with Crippen molar-refractivity contribution < 1.29 is 18.0 Å². The van der Waals surface area contributed by atoms with Crippen LogP contribution in [0, 0.1) is 5.92 Å². The Bertz CT molecular complexity index is 948. The maximum atomic E-state index is 13.2. The molecular weight excluding hydrogens is 427 g/mol. The normalized spacial score (nSPS) is 21.4. The van der Waals surface area contributed by atoms with Crippen LogP contribution in [0.25, 0.3) is 0 Å². The molecule has 1 fully saturated rings. The topological polar surface area (TPSA) is 35.6 Å². The lowest BCUT2D eigenvalue weighted by Crippen LogP contribution is -2.60. The molecule has 31 heavy (non-hydrogen) atoms. The Kier molecular flexibility index (Phi) is 6.17. The number of halogens is 4. The van der Waals surface area contributed by atoms with Crippen LogP contribution < -0.4 is 10.2 Å². The van der Waals surface area contributed by atoms with Gasteiger partial charge in [-0.3, -0.25) is 9.69 Å². The Balaban J connectivity index is 1.61. The van der Waals surface area contributed by atoms with Gasteiger partial charge in [0.15, 0.2) is 0 Å². The molecule has 0 aromatic heterocycles. The molecule has 0 aliphatic carbocycles. The van der Waals surface area contributed by atoms with Gasteiger partial charge in [-0.05, 0) is 54.8 Å². The first-order valence-electron chi connectivity index (χ1n) is 10.5. The highest BCUT2D eigenvalue weighted by Crippen LogP contribution is 2.39. The van der Waals surface area contributed by atoms with Crippen LogP contribution >= 0.6 is 11.6 Å². The largest absolute Gasteiger partial charge is 0.416 e. The Labute approximate surface area is 185 Å². The van der Waals surface area contributed by atoms with E-state index in [9.17, 15) is 18.0 Å². The van der Waals surface area contributed by atoms with Crippen LogP contribution in [0.3, 0.4) is 0 Å². The molecule has 8 heteroatoms. The minimum absolute atomic E-state index is 0.0863. The fraction of sp³-hybridized carbons (Fsp3) is 0.435. The smallest absolute Gasteiger partial charge is 0.365 e. The monoisotopic (exact) mass is 451 g/mol. The number of amides is 1. The summed E-state index contributed by atoms with van der Waals surface area (Å²) in [6, 6.07) is 11.5. The molecule has 2 aliphatic rings. The first-order valence-corrected chi connectivity index (χ1v) is 10.9. The maximum Gasteiger partial charge on any atom is 0.416 e. The third-order valence-electron chi connectivity index (χ3n) is 6.13. The molecule has 0 radical (unpaired) electrons. The molecule has 0 spiro atoms. The van der Waals surface area contributed by atoms with Gasteiger partial charge in [-0.25, -0.2) is 0 Å². The van der Waals surface area contributed by atoms with E-state index in [0.717, 1.165) is 30.4 Å². The van der Waals surface area contributed by atoms with Gasteiger partial charge in [-0.2, -0.15) is 13.2 Å². The molecule has 0 unspecified atom stereocenters. The number of hydrogen-bond acceptors (Lipinski definition) is 3. The third kappa shape index (κ3) is 4.67. The van der Waals surface area contributed by atoms with E-state index in [-0.39, 0.29) is 11.9 Å². The van der Waals surface area contributed by atoms with Crippen molar-refractivity contribution in [2.24, 2.45) is 5.92 Å². The standard InChI is InChI=1S/C23H25ClF3N3O/c1-2-28-22(31)19-12-16-11-17(23(25,26)27)5-8-20(16)30-10-9-29(14-21(19)30)13-15-3-6-18(24)7-4-15/h3-8,11,19,21H,2,9-10,12-14H2,1H3,(H,28,31)/t19-,21+/m0/s1. The van der Waals surface area contributed by atoms with E-state index in [0.29, 0.717) is 36.6 Å². The van der Waals surface area contributed by atoms with Gasteiger partial charge in [0.1, 0.15) is 0 Å². The van der Waals surface area contributed by atoms with Gasteiger partial charge in [0.25, 0.3) is 0 Å². The molecule has 1 amide bonds. The number of nitrogens with one attached hydrogen (secondary N) is 1. The number of benzene rings is 2. The molecule has 0 saturated carbocycles. The lowest BCUT2D eigenvalue weighted by molar-refractivity contribution is -0.137. The van der Waals surface area contributed by atoms with Crippen LogP contribution in [0.4, 0.5) is 18.9 Å². The number of nitrogens with zero attached hydrogens (tertiary/aromatic N) is 2. The maximum absolute atomic E-state index is 13.2. The van der Waals surface area contributed by atoms with E-state index >= 15 is 0 Å². The van der Waals surface area contributed by atoms with Crippen LogP contribution in [0.2, 0.25) is 5.02 Å². The minimum Gasteiger partial charge on any atom is -0.365 e. The molecule has 2 aromatic carbocycles. The van der Waals surface area contributed by atoms with E-state index in [1.54, 1.807) is 6.07 Å². The molecule has 1 N–H and O–H groups in total. The summed E-state index contributed by atoms with van der Waals surface area (Å²) in [6.07, 6.45) is -4.09. The fourth-order valence-electron chi connectivity index (χ4n) is 4.66. The first kappa shape index (κ1) is 22.0. The van der Waals surface area contributed by atoms with Gasteiger partial charge >= 0.3 is 6.18 Å². The zero-order chi connectivity index (χ0) is 22.2. The second-order valence-electron chi connectivity index (χ2n) is 8.17. The van der Waals surface area contributed by atoms with Crippen molar-refractivity contribution >= 4 is 23.2 Å². The predicted octanol–water partition coefficient (Wildman–Crippen LogP) is 4.36. The van der Waals surface area contributed by atoms with Crippen molar-refractivity contribution in [2.45, 2.75) is 32.1 Å². The second-order valence-corrected chi connectivity index (χ2v) is 8.61. The molecule has 0 bridgehead atoms. The van der Waals surface area contributed by atoms with E-state index < -0.39 is 17.7 Å². The molecule has 2 atom stereocenters. The quantitative estimate of drug-likeness (QED) is 0.750. The Morgan fingerprint density at radius 2 is 1.90 bits per heavy atom. The fourth-order valence-corrected chi connectivity index (χ4v) is 4.78. The van der Waals surface area contributed by atoms with Gasteiger partial charge in [-0.1, -0.05) is 23.7 Å². The van der Waals surface area contributed by atoms with Gasteiger partial charge in [0.05, 0.1) is 17.5 Å². The summed E-state index contributed by atoms with van der Waals surface area (Å²) in [5.41, 5.74) is 1.87. The van der Waals surface area contributed by atoms with Gasteiger partial charge < -0.3 is 10.2 Å².